The van der Waals surface area contributed by atoms with E-state index in [4.69, 9.17) is 4.74 Å². The van der Waals surface area contributed by atoms with Crippen LogP contribution in [0.3, 0.4) is 0 Å². The topological polar surface area (TPSA) is 69.8 Å². The fourth-order valence-electron chi connectivity index (χ4n) is 3.74. The number of morpholine rings is 1. The van der Waals surface area contributed by atoms with Crippen molar-refractivity contribution in [2.45, 2.75) is 12.6 Å². The van der Waals surface area contributed by atoms with Crippen LogP contribution >= 0.6 is 0 Å². The fourth-order valence-corrected chi connectivity index (χ4v) is 3.74. The molecule has 4 aromatic rings. The number of hydrogen-bond donors (Lipinski definition) is 2. The van der Waals surface area contributed by atoms with E-state index in [2.05, 4.69) is 55.3 Å². The molecule has 2 N–H and O–H groups in total. The van der Waals surface area contributed by atoms with E-state index in [0.29, 0.717) is 6.61 Å². The van der Waals surface area contributed by atoms with Crippen LogP contribution in [0.4, 0.5) is 0 Å². The number of aromatic nitrogens is 4. The second-order valence-electron chi connectivity index (χ2n) is 6.84. The first kappa shape index (κ1) is 16.2. The number of H-pyrrole nitrogens is 2. The summed E-state index contributed by atoms with van der Waals surface area (Å²) >= 11 is 0. The largest absolute Gasteiger partial charge is 0.378 e. The summed E-state index contributed by atoms with van der Waals surface area (Å²) in [6.07, 6.45) is 7.61. The highest BCUT2D eigenvalue weighted by Crippen LogP contribution is 2.28. The Balaban J connectivity index is 1.42. The van der Waals surface area contributed by atoms with Crippen LogP contribution in [-0.2, 0) is 11.3 Å². The molecule has 6 heteroatoms. The van der Waals surface area contributed by atoms with Crippen molar-refractivity contribution in [2.24, 2.45) is 0 Å². The predicted molar refractivity (Wildman–Crippen MR) is 104 cm³/mol. The van der Waals surface area contributed by atoms with Crippen LogP contribution in [0.15, 0.2) is 61.2 Å². The minimum Gasteiger partial charge on any atom is -0.378 e. The summed E-state index contributed by atoms with van der Waals surface area (Å²) < 4.78 is 5.77. The van der Waals surface area contributed by atoms with Crippen molar-refractivity contribution in [1.29, 1.82) is 0 Å². The minimum atomic E-state index is 0.109. The first-order valence-electron chi connectivity index (χ1n) is 9.20. The quantitative estimate of drug-likeness (QED) is 0.585. The number of ether oxygens (including phenoxy) is 1. The number of benzene rings is 1. The van der Waals surface area contributed by atoms with Gasteiger partial charge in [-0.3, -0.25) is 9.88 Å². The number of imidazole rings is 1. The van der Waals surface area contributed by atoms with Gasteiger partial charge in [0.2, 0.25) is 0 Å². The number of pyridine rings is 1. The zero-order valence-electron chi connectivity index (χ0n) is 14.9. The Hall–Kier alpha value is -2.96. The second kappa shape index (κ2) is 6.98. The van der Waals surface area contributed by atoms with Crippen molar-refractivity contribution in [2.75, 3.05) is 19.8 Å². The summed E-state index contributed by atoms with van der Waals surface area (Å²) in [5, 5.41) is 1.28. The Morgan fingerprint density at radius 3 is 3.04 bits per heavy atom. The number of fused-ring (bicyclic) bond motifs is 1. The molecule has 1 aromatic carbocycles. The Bertz CT molecular complexity index is 1040. The number of hydrogen-bond acceptors (Lipinski definition) is 4. The van der Waals surface area contributed by atoms with Crippen LogP contribution in [-0.4, -0.2) is 44.6 Å². The van der Waals surface area contributed by atoms with E-state index in [1.807, 2.05) is 24.5 Å². The van der Waals surface area contributed by atoms with Gasteiger partial charge >= 0.3 is 0 Å². The third-order valence-corrected chi connectivity index (χ3v) is 5.17. The maximum absolute atomic E-state index is 5.77. The Morgan fingerprint density at radius 2 is 2.11 bits per heavy atom. The number of aromatic amines is 2. The number of para-hydroxylation sites is 1. The highest BCUT2D eigenvalue weighted by molar-refractivity contribution is 5.82. The van der Waals surface area contributed by atoms with E-state index in [9.17, 15) is 0 Å². The third-order valence-electron chi connectivity index (χ3n) is 5.17. The zero-order valence-corrected chi connectivity index (χ0v) is 14.9. The molecule has 0 unspecified atom stereocenters. The van der Waals surface area contributed by atoms with E-state index < -0.39 is 0 Å². The molecule has 0 bridgehead atoms. The fraction of sp³-hybridized carbons (Fsp3) is 0.238. The maximum atomic E-state index is 5.77. The lowest BCUT2D eigenvalue weighted by atomic mass is 10.1. The summed E-state index contributed by atoms with van der Waals surface area (Å²) in [6, 6.07) is 12.5. The van der Waals surface area contributed by atoms with E-state index in [1.54, 1.807) is 6.20 Å². The number of nitrogens with zero attached hydrogens (tertiary/aromatic N) is 3. The molecule has 0 saturated carbocycles. The molecule has 1 saturated heterocycles. The highest BCUT2D eigenvalue weighted by Gasteiger charge is 2.27. The van der Waals surface area contributed by atoms with Crippen LogP contribution in [0.2, 0.25) is 0 Å². The van der Waals surface area contributed by atoms with Crippen molar-refractivity contribution in [1.82, 2.24) is 24.8 Å². The molecule has 1 atom stereocenters. The first-order valence-corrected chi connectivity index (χ1v) is 9.20. The molecule has 27 heavy (non-hydrogen) atoms. The average molecular weight is 359 g/mol. The monoisotopic (exact) mass is 359 g/mol. The van der Waals surface area contributed by atoms with E-state index in [-0.39, 0.29) is 6.04 Å². The molecule has 5 rings (SSSR count). The summed E-state index contributed by atoms with van der Waals surface area (Å²) in [6.45, 7) is 3.13. The molecule has 1 aliphatic heterocycles. The van der Waals surface area contributed by atoms with Crippen LogP contribution in [0, 0.1) is 0 Å². The number of rotatable bonds is 4. The molecule has 136 valence electrons. The first-order chi connectivity index (χ1) is 13.4. The van der Waals surface area contributed by atoms with Crippen LogP contribution in [0.5, 0.6) is 0 Å². The molecular weight excluding hydrogens is 338 g/mol. The van der Waals surface area contributed by atoms with Crippen molar-refractivity contribution in [3.05, 3.63) is 72.6 Å². The van der Waals surface area contributed by atoms with Gasteiger partial charge < -0.3 is 14.7 Å². The lowest BCUT2D eigenvalue weighted by molar-refractivity contribution is -0.0154. The third kappa shape index (κ3) is 3.13. The summed E-state index contributed by atoms with van der Waals surface area (Å²) in [4.78, 5) is 18.1. The van der Waals surface area contributed by atoms with Gasteiger partial charge in [-0.05, 0) is 23.8 Å². The summed E-state index contributed by atoms with van der Waals surface area (Å²) in [7, 11) is 0. The van der Waals surface area contributed by atoms with E-state index in [1.165, 1.54) is 16.5 Å². The van der Waals surface area contributed by atoms with Crippen molar-refractivity contribution in [3.8, 4) is 11.3 Å². The number of nitrogens with one attached hydrogen (secondary N) is 2. The van der Waals surface area contributed by atoms with Crippen molar-refractivity contribution >= 4 is 10.9 Å². The van der Waals surface area contributed by atoms with E-state index >= 15 is 0 Å². The molecule has 0 radical (unpaired) electrons. The maximum Gasteiger partial charge on any atom is 0.126 e. The van der Waals surface area contributed by atoms with Gasteiger partial charge in [0.25, 0.3) is 0 Å². The van der Waals surface area contributed by atoms with Gasteiger partial charge in [0.1, 0.15) is 5.82 Å². The molecule has 1 aliphatic rings. The van der Waals surface area contributed by atoms with Crippen molar-refractivity contribution < 1.29 is 4.74 Å². The highest BCUT2D eigenvalue weighted by atomic mass is 16.5. The summed E-state index contributed by atoms with van der Waals surface area (Å²) in [5.41, 5.74) is 4.50. The van der Waals surface area contributed by atoms with Crippen LogP contribution in [0.25, 0.3) is 22.2 Å². The SMILES string of the molecule is c1cncc(-c2cnc([C@@H]3COCCN3Cc3c[nH]c4ccccc34)[nH]2)c1. The summed E-state index contributed by atoms with van der Waals surface area (Å²) in [5.74, 6) is 0.938. The smallest absolute Gasteiger partial charge is 0.126 e. The van der Waals surface area contributed by atoms with Gasteiger partial charge in [-0.1, -0.05) is 18.2 Å². The normalized spacial score (nSPS) is 18.1. The molecule has 4 heterocycles. The molecule has 0 spiro atoms. The second-order valence-corrected chi connectivity index (χ2v) is 6.84. The van der Waals surface area contributed by atoms with Crippen molar-refractivity contribution in [3.63, 3.8) is 0 Å². The van der Waals surface area contributed by atoms with Gasteiger partial charge in [-0.15, -0.1) is 0 Å². The molecule has 1 fully saturated rings. The Kier molecular flexibility index (Phi) is 4.20. The standard InChI is InChI=1S/C21H21N5O/c1-2-6-18-17(5-1)16(11-23-18)13-26-8-9-27-14-20(26)21-24-12-19(25-21)15-4-3-7-22-10-15/h1-7,10-12,20,23H,8-9,13-14H2,(H,24,25)/t20-/m0/s1. The molecule has 3 aromatic heterocycles. The van der Waals surface area contributed by atoms with Gasteiger partial charge in [-0.2, -0.15) is 0 Å². The van der Waals surface area contributed by atoms with Gasteiger partial charge in [-0.25, -0.2) is 4.98 Å². The molecule has 0 aliphatic carbocycles. The molecule has 0 amide bonds. The lowest BCUT2D eigenvalue weighted by Crippen LogP contribution is -2.39. The van der Waals surface area contributed by atoms with Crippen LogP contribution in [0.1, 0.15) is 17.4 Å². The van der Waals surface area contributed by atoms with Crippen LogP contribution < -0.4 is 0 Å². The Morgan fingerprint density at radius 1 is 1.15 bits per heavy atom. The zero-order chi connectivity index (χ0) is 18.1. The lowest BCUT2D eigenvalue weighted by Gasteiger charge is -2.34. The Labute approximate surface area is 157 Å². The molecule has 6 nitrogen and oxygen atoms in total. The minimum absolute atomic E-state index is 0.109. The van der Waals surface area contributed by atoms with E-state index in [0.717, 1.165) is 36.8 Å². The predicted octanol–water partition coefficient (Wildman–Crippen LogP) is 3.53. The average Bonchev–Trinajstić information content (AvgIpc) is 3.37. The molecular formula is C21H21N5O. The van der Waals surface area contributed by atoms with Gasteiger partial charge in [0, 0.05) is 48.1 Å². The van der Waals surface area contributed by atoms with Gasteiger partial charge in [0.05, 0.1) is 31.1 Å². The van der Waals surface area contributed by atoms with Gasteiger partial charge in [0.15, 0.2) is 0 Å².